The summed E-state index contributed by atoms with van der Waals surface area (Å²) in [6.07, 6.45) is 0.124. The molecule has 9 heteroatoms. The number of ether oxygens (including phenoxy) is 1. The summed E-state index contributed by atoms with van der Waals surface area (Å²) in [6.45, 7) is 3.77. The van der Waals surface area contributed by atoms with Crippen LogP contribution in [0.3, 0.4) is 0 Å². The molecule has 0 unspecified atom stereocenters. The molecule has 1 amide bonds. The fourth-order valence-corrected chi connectivity index (χ4v) is 4.04. The number of hydrogen-bond acceptors (Lipinski definition) is 6. The average Bonchev–Trinajstić information content (AvgIpc) is 3.00. The van der Waals surface area contributed by atoms with Crippen molar-refractivity contribution in [2.45, 2.75) is 26.8 Å². The molecule has 29 heavy (non-hydrogen) atoms. The van der Waals surface area contributed by atoms with E-state index in [-0.39, 0.29) is 24.6 Å². The zero-order chi connectivity index (χ0) is 21.1. The van der Waals surface area contributed by atoms with Gasteiger partial charge in [-0.3, -0.25) is 19.7 Å². The first-order chi connectivity index (χ1) is 13.8. The molecule has 0 aliphatic carbocycles. The van der Waals surface area contributed by atoms with E-state index in [1.807, 2.05) is 32.0 Å². The summed E-state index contributed by atoms with van der Waals surface area (Å²) in [5, 5.41) is 11.0. The second kappa shape index (κ2) is 8.36. The van der Waals surface area contributed by atoms with E-state index < -0.39 is 10.9 Å². The predicted molar refractivity (Wildman–Crippen MR) is 109 cm³/mol. The lowest BCUT2D eigenvalue weighted by Crippen LogP contribution is -2.22. The largest absolute Gasteiger partial charge is 0.468 e. The third-order valence-corrected chi connectivity index (χ3v) is 5.49. The van der Waals surface area contributed by atoms with Crippen LogP contribution in [-0.4, -0.2) is 28.5 Å². The van der Waals surface area contributed by atoms with Crippen LogP contribution in [0.4, 0.5) is 5.69 Å². The van der Waals surface area contributed by atoms with E-state index in [4.69, 9.17) is 4.74 Å². The molecule has 0 saturated carbocycles. The zero-order valence-corrected chi connectivity index (χ0v) is 17.0. The number of aryl methyl sites for hydroxylation is 2. The summed E-state index contributed by atoms with van der Waals surface area (Å²) in [7, 11) is 1.27. The fourth-order valence-electron chi connectivity index (χ4n) is 2.96. The molecule has 150 valence electrons. The van der Waals surface area contributed by atoms with Gasteiger partial charge in [-0.15, -0.1) is 0 Å². The first-order valence-electron chi connectivity index (χ1n) is 8.77. The number of methoxy groups -OCH3 is 1. The Labute approximate surface area is 170 Å². The molecule has 8 nitrogen and oxygen atoms in total. The molecular formula is C20H19N3O5S. The normalized spacial score (nSPS) is 11.6. The van der Waals surface area contributed by atoms with Crippen molar-refractivity contribution in [3.8, 4) is 0 Å². The number of hydrogen-bond donors (Lipinski definition) is 0. The van der Waals surface area contributed by atoms with Gasteiger partial charge in [0.1, 0.15) is 6.54 Å². The molecule has 0 atom stereocenters. The monoisotopic (exact) mass is 413 g/mol. The van der Waals surface area contributed by atoms with Crippen LogP contribution >= 0.6 is 11.3 Å². The maximum atomic E-state index is 12.6. The molecule has 0 fully saturated rings. The lowest BCUT2D eigenvalue weighted by Gasteiger charge is -2.05. The molecular weight excluding hydrogens is 394 g/mol. The van der Waals surface area contributed by atoms with Crippen LogP contribution in [0.2, 0.25) is 0 Å². The molecule has 1 aromatic heterocycles. The SMILES string of the molecule is COC(=O)Cn1c(=NC(=O)Cc2ccc(C)cc2C)sc2cc([N+](=O)[O-])ccc21. The number of carbonyl (C=O) groups is 2. The first kappa shape index (κ1) is 20.4. The lowest BCUT2D eigenvalue weighted by molar-refractivity contribution is -0.384. The summed E-state index contributed by atoms with van der Waals surface area (Å²) < 4.78 is 6.82. The number of thiazole rings is 1. The minimum absolute atomic E-state index is 0.0721. The number of nitrogens with zero attached hydrogens (tertiary/aromatic N) is 3. The highest BCUT2D eigenvalue weighted by molar-refractivity contribution is 7.16. The Morgan fingerprint density at radius 1 is 1.21 bits per heavy atom. The molecule has 3 aromatic rings. The van der Waals surface area contributed by atoms with Crippen LogP contribution in [0.1, 0.15) is 16.7 Å². The second-order valence-corrected chi connectivity index (χ2v) is 7.58. The average molecular weight is 413 g/mol. The maximum Gasteiger partial charge on any atom is 0.325 e. The minimum Gasteiger partial charge on any atom is -0.468 e. The molecule has 2 aromatic carbocycles. The van der Waals surface area contributed by atoms with Crippen molar-refractivity contribution >= 4 is 39.1 Å². The van der Waals surface area contributed by atoms with E-state index in [1.165, 1.54) is 23.8 Å². The highest BCUT2D eigenvalue weighted by Gasteiger charge is 2.15. The van der Waals surface area contributed by atoms with Gasteiger partial charge in [-0.25, -0.2) is 0 Å². The van der Waals surface area contributed by atoms with Gasteiger partial charge < -0.3 is 9.30 Å². The molecule has 0 saturated heterocycles. The molecule has 0 aliphatic rings. The van der Waals surface area contributed by atoms with Crippen molar-refractivity contribution in [3.63, 3.8) is 0 Å². The first-order valence-corrected chi connectivity index (χ1v) is 9.58. The number of fused-ring (bicyclic) bond motifs is 1. The minimum atomic E-state index is -0.508. The highest BCUT2D eigenvalue weighted by Crippen LogP contribution is 2.23. The summed E-state index contributed by atoms with van der Waals surface area (Å²) >= 11 is 1.12. The van der Waals surface area contributed by atoms with Gasteiger partial charge >= 0.3 is 5.97 Å². The number of non-ortho nitro benzene ring substituents is 1. The third-order valence-electron chi connectivity index (χ3n) is 4.45. The van der Waals surface area contributed by atoms with Crippen LogP contribution in [0, 0.1) is 24.0 Å². The van der Waals surface area contributed by atoms with Crippen molar-refractivity contribution in [1.29, 1.82) is 0 Å². The van der Waals surface area contributed by atoms with Crippen LogP contribution in [0.5, 0.6) is 0 Å². The number of rotatable bonds is 5. The molecule has 0 radical (unpaired) electrons. The predicted octanol–water partition coefficient (Wildman–Crippen LogP) is 3.07. The quantitative estimate of drug-likeness (QED) is 0.363. The van der Waals surface area contributed by atoms with Gasteiger partial charge in [0.25, 0.3) is 11.6 Å². The molecule has 0 spiro atoms. The Morgan fingerprint density at radius 3 is 2.62 bits per heavy atom. The number of nitro benzene ring substituents is 1. The van der Waals surface area contributed by atoms with Crippen LogP contribution in [0.15, 0.2) is 41.4 Å². The molecule has 0 aliphatic heterocycles. The fraction of sp³-hybridized carbons (Fsp3) is 0.250. The Bertz CT molecular complexity index is 1190. The summed E-state index contributed by atoms with van der Waals surface area (Å²) in [4.78, 5) is 39.4. The van der Waals surface area contributed by atoms with Crippen LogP contribution in [-0.2, 0) is 27.3 Å². The van der Waals surface area contributed by atoms with Gasteiger partial charge in [0.15, 0.2) is 4.80 Å². The Morgan fingerprint density at radius 2 is 1.97 bits per heavy atom. The number of carbonyl (C=O) groups excluding carboxylic acids is 2. The number of esters is 1. The molecule has 0 N–H and O–H groups in total. The topological polar surface area (TPSA) is 104 Å². The Balaban J connectivity index is 2.05. The smallest absolute Gasteiger partial charge is 0.325 e. The van der Waals surface area contributed by atoms with Gasteiger partial charge in [-0.1, -0.05) is 35.1 Å². The van der Waals surface area contributed by atoms with Crippen molar-refractivity contribution in [3.05, 3.63) is 68.0 Å². The van der Waals surface area contributed by atoms with Crippen molar-refractivity contribution in [1.82, 2.24) is 4.57 Å². The van der Waals surface area contributed by atoms with E-state index in [0.717, 1.165) is 28.0 Å². The van der Waals surface area contributed by atoms with Crippen molar-refractivity contribution in [2.75, 3.05) is 7.11 Å². The van der Waals surface area contributed by atoms with Crippen LogP contribution < -0.4 is 4.80 Å². The zero-order valence-electron chi connectivity index (χ0n) is 16.2. The van der Waals surface area contributed by atoms with Crippen molar-refractivity contribution < 1.29 is 19.2 Å². The van der Waals surface area contributed by atoms with E-state index in [1.54, 1.807) is 6.07 Å². The number of benzene rings is 2. The number of aromatic nitrogens is 1. The van der Waals surface area contributed by atoms with Gasteiger partial charge in [-0.2, -0.15) is 4.99 Å². The van der Waals surface area contributed by atoms with Gasteiger partial charge in [0.05, 0.1) is 28.7 Å². The lowest BCUT2D eigenvalue weighted by atomic mass is 10.0. The van der Waals surface area contributed by atoms with E-state index >= 15 is 0 Å². The van der Waals surface area contributed by atoms with Gasteiger partial charge in [0, 0.05) is 12.1 Å². The van der Waals surface area contributed by atoms with E-state index in [2.05, 4.69) is 4.99 Å². The molecule has 1 heterocycles. The molecule has 0 bridgehead atoms. The van der Waals surface area contributed by atoms with Crippen LogP contribution in [0.25, 0.3) is 10.2 Å². The van der Waals surface area contributed by atoms with Gasteiger partial charge in [-0.05, 0) is 31.0 Å². The third kappa shape index (κ3) is 4.57. The van der Waals surface area contributed by atoms with E-state index in [0.29, 0.717) is 15.0 Å². The standard InChI is InChI=1S/C20H19N3O5S/c1-12-4-5-14(13(2)8-12)9-18(24)21-20-22(11-19(25)28-3)16-7-6-15(23(26)27)10-17(16)29-20/h4-8,10H,9,11H2,1-3H3. The van der Waals surface area contributed by atoms with Crippen molar-refractivity contribution in [2.24, 2.45) is 4.99 Å². The second-order valence-electron chi connectivity index (χ2n) is 6.57. The summed E-state index contributed by atoms with van der Waals surface area (Å²) in [5.41, 5.74) is 3.49. The maximum absolute atomic E-state index is 12.6. The Kier molecular flexibility index (Phi) is 5.88. The Hall–Kier alpha value is -3.33. The van der Waals surface area contributed by atoms with Gasteiger partial charge in [0.2, 0.25) is 0 Å². The molecule has 3 rings (SSSR count). The highest BCUT2D eigenvalue weighted by atomic mass is 32.1. The summed E-state index contributed by atoms with van der Waals surface area (Å²) in [6, 6.07) is 10.1. The number of nitro groups is 1. The number of amides is 1. The summed E-state index contributed by atoms with van der Waals surface area (Å²) in [5.74, 6) is -0.872. The van der Waals surface area contributed by atoms with E-state index in [9.17, 15) is 19.7 Å².